The Balaban J connectivity index is 1.38. The molecule has 1 aliphatic heterocycles. The van der Waals surface area contributed by atoms with Crippen LogP contribution in [0.15, 0.2) is 65.1 Å². The van der Waals surface area contributed by atoms with Crippen molar-refractivity contribution in [1.29, 1.82) is 0 Å². The second kappa shape index (κ2) is 9.15. The number of halogens is 1. The summed E-state index contributed by atoms with van der Waals surface area (Å²) < 4.78 is 5.80. The van der Waals surface area contributed by atoms with Gasteiger partial charge in [0, 0.05) is 41.0 Å². The van der Waals surface area contributed by atoms with Gasteiger partial charge < -0.3 is 14.6 Å². The van der Waals surface area contributed by atoms with Gasteiger partial charge in [0.15, 0.2) is 5.58 Å². The fraction of sp³-hybridized carbons (Fsp3) is 0.200. The number of anilines is 2. The lowest BCUT2D eigenvalue weighted by atomic mass is 10.1. The monoisotopic (exact) mass is 476 g/mol. The molecule has 8 nitrogen and oxygen atoms in total. The molecule has 1 N–H and O–H groups in total. The summed E-state index contributed by atoms with van der Waals surface area (Å²) >= 11 is 5.94. The summed E-state index contributed by atoms with van der Waals surface area (Å²) in [4.78, 5) is 30.7. The van der Waals surface area contributed by atoms with E-state index in [4.69, 9.17) is 16.0 Å². The van der Waals surface area contributed by atoms with Crippen molar-refractivity contribution in [2.45, 2.75) is 19.3 Å². The first-order valence-corrected chi connectivity index (χ1v) is 11.4. The van der Waals surface area contributed by atoms with E-state index in [9.17, 15) is 14.9 Å². The Kier molecular flexibility index (Phi) is 5.90. The van der Waals surface area contributed by atoms with Crippen molar-refractivity contribution < 1.29 is 14.1 Å². The molecule has 5 rings (SSSR count). The predicted octanol–water partition coefficient (Wildman–Crippen LogP) is 6.30. The van der Waals surface area contributed by atoms with Crippen LogP contribution in [0.3, 0.4) is 0 Å². The second-order valence-electron chi connectivity index (χ2n) is 8.17. The molecule has 9 heteroatoms. The highest BCUT2D eigenvalue weighted by Gasteiger charge is 2.23. The van der Waals surface area contributed by atoms with Crippen molar-refractivity contribution in [3.05, 3.63) is 81.4 Å². The van der Waals surface area contributed by atoms with Crippen molar-refractivity contribution >= 4 is 45.7 Å². The maximum Gasteiger partial charge on any atom is 0.293 e. The van der Waals surface area contributed by atoms with Crippen LogP contribution < -0.4 is 10.2 Å². The molecule has 1 amide bonds. The highest BCUT2D eigenvalue weighted by atomic mass is 35.5. The molecule has 0 aliphatic carbocycles. The quantitative estimate of drug-likeness (QED) is 0.268. The standard InChI is InChI=1S/C25H21ClN4O4/c26-18-7-4-16(5-8-18)25-28-20-15-19(9-11-23(20)34-25)27-24(31)17-6-10-21(22(14-17)30(32)33)29-12-2-1-3-13-29/h4-11,14-15H,1-3,12-13H2,(H,27,31). The summed E-state index contributed by atoms with van der Waals surface area (Å²) in [7, 11) is 0. The van der Waals surface area contributed by atoms with Gasteiger partial charge in [-0.1, -0.05) is 11.6 Å². The summed E-state index contributed by atoms with van der Waals surface area (Å²) in [5.41, 5.74) is 3.16. The van der Waals surface area contributed by atoms with Crippen LogP contribution in [-0.2, 0) is 0 Å². The molecule has 0 bridgehead atoms. The number of amides is 1. The lowest BCUT2D eigenvalue weighted by Gasteiger charge is -2.28. The van der Waals surface area contributed by atoms with Crippen LogP contribution >= 0.6 is 11.6 Å². The highest BCUT2D eigenvalue weighted by molar-refractivity contribution is 6.30. The van der Waals surface area contributed by atoms with Gasteiger partial charge in [0.1, 0.15) is 11.2 Å². The average molecular weight is 477 g/mol. The number of piperidine rings is 1. The molecule has 1 aliphatic rings. The Bertz CT molecular complexity index is 1380. The Morgan fingerprint density at radius 2 is 1.79 bits per heavy atom. The van der Waals surface area contributed by atoms with Crippen molar-refractivity contribution in [2.75, 3.05) is 23.3 Å². The zero-order valence-corrected chi connectivity index (χ0v) is 18.9. The number of carbonyl (C=O) groups excluding carboxylic acids is 1. The van der Waals surface area contributed by atoms with Crippen LogP contribution in [0.25, 0.3) is 22.6 Å². The molecule has 34 heavy (non-hydrogen) atoms. The SMILES string of the molecule is O=C(Nc1ccc2oc(-c3ccc(Cl)cc3)nc2c1)c1ccc(N2CCCCC2)c([N+](=O)[O-])c1. The smallest absolute Gasteiger partial charge is 0.293 e. The number of benzene rings is 3. The minimum Gasteiger partial charge on any atom is -0.436 e. The number of hydrogen-bond donors (Lipinski definition) is 1. The fourth-order valence-corrected chi connectivity index (χ4v) is 4.26. The number of carbonyl (C=O) groups is 1. The van der Waals surface area contributed by atoms with Gasteiger partial charge in [-0.25, -0.2) is 4.98 Å². The molecule has 0 saturated carbocycles. The van der Waals surface area contributed by atoms with Crippen LogP contribution in [0.2, 0.25) is 5.02 Å². The number of nitrogens with zero attached hydrogens (tertiary/aromatic N) is 3. The van der Waals surface area contributed by atoms with Gasteiger partial charge >= 0.3 is 0 Å². The first-order chi connectivity index (χ1) is 16.5. The van der Waals surface area contributed by atoms with Gasteiger partial charge in [0.05, 0.1) is 4.92 Å². The molecule has 1 saturated heterocycles. The second-order valence-corrected chi connectivity index (χ2v) is 8.61. The van der Waals surface area contributed by atoms with Gasteiger partial charge in [0.2, 0.25) is 5.89 Å². The summed E-state index contributed by atoms with van der Waals surface area (Å²) in [5, 5.41) is 15.1. The molecule has 2 heterocycles. The Morgan fingerprint density at radius 1 is 1.03 bits per heavy atom. The van der Waals surface area contributed by atoms with Crippen LogP contribution in [0.4, 0.5) is 17.1 Å². The van der Waals surface area contributed by atoms with Gasteiger partial charge in [0.25, 0.3) is 11.6 Å². The van der Waals surface area contributed by atoms with E-state index in [1.165, 1.54) is 6.07 Å². The Labute approximate surface area is 200 Å². The number of nitro benzene ring substituents is 1. The van der Waals surface area contributed by atoms with E-state index in [1.807, 2.05) is 17.0 Å². The first-order valence-electron chi connectivity index (χ1n) is 11.0. The van der Waals surface area contributed by atoms with E-state index in [2.05, 4.69) is 10.3 Å². The van der Waals surface area contributed by atoms with Crippen LogP contribution in [0.5, 0.6) is 0 Å². The number of nitrogens with one attached hydrogen (secondary N) is 1. The van der Waals surface area contributed by atoms with E-state index in [0.29, 0.717) is 33.4 Å². The van der Waals surface area contributed by atoms with E-state index >= 15 is 0 Å². The minimum absolute atomic E-state index is 0.0610. The van der Waals surface area contributed by atoms with Crippen LogP contribution in [0.1, 0.15) is 29.6 Å². The highest BCUT2D eigenvalue weighted by Crippen LogP contribution is 2.32. The molecule has 0 unspecified atom stereocenters. The van der Waals surface area contributed by atoms with Crippen molar-refractivity contribution in [1.82, 2.24) is 4.98 Å². The molecule has 1 aromatic heterocycles. The summed E-state index contributed by atoms with van der Waals surface area (Å²) in [5.74, 6) is 0.00753. The normalized spacial score (nSPS) is 13.7. The molecule has 3 aromatic carbocycles. The third-order valence-electron chi connectivity index (χ3n) is 5.87. The summed E-state index contributed by atoms with van der Waals surface area (Å²) in [6.07, 6.45) is 3.13. The maximum absolute atomic E-state index is 12.9. The number of fused-ring (bicyclic) bond motifs is 1. The number of hydrogen-bond acceptors (Lipinski definition) is 6. The third-order valence-corrected chi connectivity index (χ3v) is 6.12. The van der Waals surface area contributed by atoms with E-state index in [1.54, 1.807) is 42.5 Å². The van der Waals surface area contributed by atoms with Crippen molar-refractivity contribution in [2.24, 2.45) is 0 Å². The molecule has 0 radical (unpaired) electrons. The Hall–Kier alpha value is -3.91. The van der Waals surface area contributed by atoms with Gasteiger partial charge in [-0.3, -0.25) is 14.9 Å². The van der Waals surface area contributed by atoms with Gasteiger partial charge in [-0.15, -0.1) is 0 Å². The molecule has 172 valence electrons. The van der Waals surface area contributed by atoms with Crippen molar-refractivity contribution in [3.8, 4) is 11.5 Å². The first kappa shape index (κ1) is 21.9. The van der Waals surface area contributed by atoms with Crippen molar-refractivity contribution in [3.63, 3.8) is 0 Å². The molecule has 4 aromatic rings. The van der Waals surface area contributed by atoms with Gasteiger partial charge in [-0.2, -0.15) is 0 Å². The zero-order valence-electron chi connectivity index (χ0n) is 18.2. The molecule has 0 atom stereocenters. The number of rotatable bonds is 5. The predicted molar refractivity (Wildman–Crippen MR) is 132 cm³/mol. The maximum atomic E-state index is 12.9. The lowest BCUT2D eigenvalue weighted by molar-refractivity contribution is -0.384. The third kappa shape index (κ3) is 4.45. The molecule has 0 spiro atoms. The topological polar surface area (TPSA) is 102 Å². The minimum atomic E-state index is -0.436. The van der Waals surface area contributed by atoms with Crippen LogP contribution in [-0.4, -0.2) is 28.9 Å². The number of oxazole rings is 1. The fourth-order valence-electron chi connectivity index (χ4n) is 4.14. The lowest BCUT2D eigenvalue weighted by Crippen LogP contribution is -2.30. The van der Waals surface area contributed by atoms with Crippen LogP contribution in [0, 0.1) is 10.1 Å². The van der Waals surface area contributed by atoms with E-state index in [0.717, 1.165) is 37.9 Å². The Morgan fingerprint density at radius 3 is 2.53 bits per heavy atom. The van der Waals surface area contributed by atoms with Gasteiger partial charge in [-0.05, 0) is 73.9 Å². The largest absolute Gasteiger partial charge is 0.436 e. The zero-order chi connectivity index (χ0) is 23.7. The molecular weight excluding hydrogens is 456 g/mol. The number of aromatic nitrogens is 1. The summed E-state index contributed by atoms with van der Waals surface area (Å²) in [6.45, 7) is 1.56. The molecule has 1 fully saturated rings. The molecular formula is C25H21ClN4O4. The number of nitro groups is 1. The van der Waals surface area contributed by atoms with E-state index < -0.39 is 10.8 Å². The average Bonchev–Trinajstić information content (AvgIpc) is 3.28. The van der Waals surface area contributed by atoms with E-state index in [-0.39, 0.29) is 11.3 Å². The summed E-state index contributed by atoms with van der Waals surface area (Å²) in [6, 6.07) is 16.9.